The molecule has 0 spiro atoms. The van der Waals surface area contributed by atoms with E-state index in [0.717, 1.165) is 60.5 Å². The van der Waals surface area contributed by atoms with Crippen LogP contribution in [0.15, 0.2) is 12.4 Å². The smallest absolute Gasteiger partial charge is 0.165 e. The second-order valence-electron chi connectivity index (χ2n) is 7.28. The van der Waals surface area contributed by atoms with Crippen molar-refractivity contribution in [1.82, 2.24) is 19.9 Å². The Hall–Kier alpha value is -1.79. The first kappa shape index (κ1) is 17.0. The molecule has 3 rings (SSSR count). The molecule has 0 radical (unpaired) electrons. The fourth-order valence-electron chi connectivity index (χ4n) is 3.77. The summed E-state index contributed by atoms with van der Waals surface area (Å²) in [6.45, 7) is 6.47. The molecule has 1 atom stereocenters. The van der Waals surface area contributed by atoms with Gasteiger partial charge >= 0.3 is 0 Å². The van der Waals surface area contributed by atoms with Crippen LogP contribution in [-0.4, -0.2) is 64.3 Å². The molecule has 1 N–H and O–H groups in total. The van der Waals surface area contributed by atoms with Crippen molar-refractivity contribution in [3.63, 3.8) is 0 Å². The van der Waals surface area contributed by atoms with Crippen molar-refractivity contribution in [2.75, 3.05) is 38.6 Å². The summed E-state index contributed by atoms with van der Waals surface area (Å²) in [7, 11) is 4.02. The molecule has 0 bridgehead atoms. The first-order valence-corrected chi connectivity index (χ1v) is 8.59. The third-order valence-corrected chi connectivity index (χ3v) is 4.74. The van der Waals surface area contributed by atoms with E-state index >= 15 is 0 Å². The van der Waals surface area contributed by atoms with Crippen LogP contribution in [0.5, 0.6) is 0 Å². The number of likely N-dealkylation sites (N-methyl/N-ethyl adjacent to an activating group) is 1. The number of fused-ring (bicyclic) bond motifs is 1. The summed E-state index contributed by atoms with van der Waals surface area (Å²) in [6, 6.07) is 2.08. The Kier molecular flexibility index (Phi) is 4.69. The first-order valence-electron chi connectivity index (χ1n) is 8.59. The molecule has 24 heavy (non-hydrogen) atoms. The van der Waals surface area contributed by atoms with Crippen molar-refractivity contribution < 1.29 is 5.11 Å². The van der Waals surface area contributed by atoms with E-state index in [-0.39, 0.29) is 0 Å². The van der Waals surface area contributed by atoms with Crippen LogP contribution in [0.25, 0.3) is 11.0 Å². The van der Waals surface area contributed by atoms with Gasteiger partial charge in [0, 0.05) is 25.3 Å². The van der Waals surface area contributed by atoms with Gasteiger partial charge in [0.1, 0.15) is 12.1 Å². The maximum Gasteiger partial charge on any atom is 0.165 e. The first-order chi connectivity index (χ1) is 11.4. The Balaban J connectivity index is 1.91. The van der Waals surface area contributed by atoms with Crippen molar-refractivity contribution in [2.45, 2.75) is 38.7 Å². The summed E-state index contributed by atoms with van der Waals surface area (Å²) in [4.78, 5) is 17.8. The lowest BCUT2D eigenvalue weighted by molar-refractivity contribution is 0.00537. The zero-order valence-corrected chi connectivity index (χ0v) is 15.1. The maximum absolute atomic E-state index is 10.9. The highest BCUT2D eigenvalue weighted by atomic mass is 16.3. The van der Waals surface area contributed by atoms with Crippen molar-refractivity contribution in [3.05, 3.63) is 23.7 Å². The van der Waals surface area contributed by atoms with E-state index in [4.69, 9.17) is 0 Å². The maximum atomic E-state index is 10.9. The van der Waals surface area contributed by atoms with Crippen LogP contribution in [0.2, 0.25) is 0 Å². The number of aromatic nitrogens is 3. The van der Waals surface area contributed by atoms with Gasteiger partial charge in [-0.05, 0) is 58.8 Å². The molecule has 0 amide bonds. The average molecular weight is 329 g/mol. The molecule has 1 saturated heterocycles. The Bertz CT molecular complexity index is 733. The van der Waals surface area contributed by atoms with E-state index in [1.807, 2.05) is 21.0 Å². The number of rotatable bonds is 3. The molecular weight excluding hydrogens is 302 g/mol. The number of anilines is 1. The third-order valence-electron chi connectivity index (χ3n) is 4.74. The predicted molar refractivity (Wildman–Crippen MR) is 96.4 cm³/mol. The Morgan fingerprint density at radius 1 is 1.21 bits per heavy atom. The van der Waals surface area contributed by atoms with Crippen molar-refractivity contribution in [2.24, 2.45) is 0 Å². The summed E-state index contributed by atoms with van der Waals surface area (Å²) in [6.07, 6.45) is 4.12. The molecule has 2 aromatic heterocycles. The van der Waals surface area contributed by atoms with E-state index in [9.17, 15) is 5.11 Å². The molecule has 0 aliphatic carbocycles. The monoisotopic (exact) mass is 329 g/mol. The number of hydrogen-bond donors (Lipinski definition) is 1. The molecule has 3 heterocycles. The van der Waals surface area contributed by atoms with Gasteiger partial charge in [0.05, 0.1) is 11.0 Å². The highest BCUT2D eigenvalue weighted by molar-refractivity contribution is 5.90. The van der Waals surface area contributed by atoms with Crippen LogP contribution < -0.4 is 4.90 Å². The molecule has 6 nitrogen and oxygen atoms in total. The van der Waals surface area contributed by atoms with Crippen molar-refractivity contribution in [1.29, 1.82) is 0 Å². The summed E-state index contributed by atoms with van der Waals surface area (Å²) >= 11 is 0. The van der Waals surface area contributed by atoms with E-state index in [1.54, 1.807) is 6.33 Å². The number of nitrogens with zero attached hydrogens (tertiary/aromatic N) is 5. The van der Waals surface area contributed by atoms with Gasteiger partial charge in [-0.3, -0.25) is 0 Å². The normalized spacial score (nSPS) is 22.2. The molecule has 0 aromatic carbocycles. The second-order valence-corrected chi connectivity index (χ2v) is 7.28. The number of aryl methyl sites for hydroxylation is 2. The van der Waals surface area contributed by atoms with Gasteiger partial charge in [-0.2, -0.15) is 0 Å². The van der Waals surface area contributed by atoms with Gasteiger partial charge in [0.25, 0.3) is 0 Å². The molecule has 6 heteroatoms. The SMILES string of the molecule is Cc1cc(C)c2c(N3CCCC(O)(CN(C)C)CC3)ncnc2n1. The molecule has 1 aliphatic heterocycles. The number of hydrogen-bond acceptors (Lipinski definition) is 6. The quantitative estimate of drug-likeness (QED) is 0.928. The van der Waals surface area contributed by atoms with Gasteiger partial charge in [-0.15, -0.1) is 0 Å². The van der Waals surface area contributed by atoms with E-state index in [1.165, 1.54) is 0 Å². The highest BCUT2D eigenvalue weighted by Gasteiger charge is 2.31. The van der Waals surface area contributed by atoms with Crippen LogP contribution in [0.4, 0.5) is 5.82 Å². The van der Waals surface area contributed by atoms with Gasteiger partial charge in [0.15, 0.2) is 5.65 Å². The highest BCUT2D eigenvalue weighted by Crippen LogP contribution is 2.30. The zero-order chi connectivity index (χ0) is 17.3. The second kappa shape index (κ2) is 6.61. The molecule has 0 saturated carbocycles. The summed E-state index contributed by atoms with van der Waals surface area (Å²) in [5, 5.41) is 11.9. The van der Waals surface area contributed by atoms with Crippen LogP contribution in [-0.2, 0) is 0 Å². The molecular formula is C18H27N5O. The standard InChI is InChI=1S/C18H27N5O/c1-13-10-14(2)21-16-15(13)17(20-12-19-16)23-8-5-6-18(24,7-9-23)11-22(3)4/h10,12,24H,5-9,11H2,1-4H3. The molecule has 2 aromatic rings. The summed E-state index contributed by atoms with van der Waals surface area (Å²) in [5.41, 5.74) is 2.26. The third kappa shape index (κ3) is 3.49. The summed E-state index contributed by atoms with van der Waals surface area (Å²) in [5.74, 6) is 0.944. The molecule has 1 unspecified atom stereocenters. The van der Waals surface area contributed by atoms with Gasteiger partial charge in [-0.1, -0.05) is 0 Å². The molecule has 1 aliphatic rings. The number of aliphatic hydroxyl groups is 1. The van der Waals surface area contributed by atoms with Gasteiger partial charge < -0.3 is 14.9 Å². The average Bonchev–Trinajstić information content (AvgIpc) is 2.67. The van der Waals surface area contributed by atoms with Crippen LogP contribution >= 0.6 is 0 Å². The van der Waals surface area contributed by atoms with Crippen molar-refractivity contribution in [3.8, 4) is 0 Å². The fourth-order valence-corrected chi connectivity index (χ4v) is 3.77. The Morgan fingerprint density at radius 2 is 2.00 bits per heavy atom. The van der Waals surface area contributed by atoms with Gasteiger partial charge in [-0.25, -0.2) is 15.0 Å². The lowest BCUT2D eigenvalue weighted by atomic mass is 9.94. The minimum absolute atomic E-state index is 0.620. The van der Waals surface area contributed by atoms with E-state index in [0.29, 0.717) is 6.54 Å². The van der Waals surface area contributed by atoms with Crippen LogP contribution in [0.1, 0.15) is 30.5 Å². The minimum atomic E-state index is -0.620. The Labute approximate surface area is 143 Å². The molecule has 1 fully saturated rings. The van der Waals surface area contributed by atoms with Gasteiger partial charge in [0.2, 0.25) is 0 Å². The predicted octanol–water partition coefficient (Wildman–Crippen LogP) is 1.92. The van der Waals surface area contributed by atoms with Crippen molar-refractivity contribution >= 4 is 16.9 Å². The topological polar surface area (TPSA) is 65.4 Å². The fraction of sp³-hybridized carbons (Fsp3) is 0.611. The lowest BCUT2D eigenvalue weighted by Crippen LogP contribution is -2.41. The largest absolute Gasteiger partial charge is 0.388 e. The van der Waals surface area contributed by atoms with E-state index in [2.05, 4.69) is 37.7 Å². The van der Waals surface area contributed by atoms with Crippen LogP contribution in [0, 0.1) is 13.8 Å². The number of pyridine rings is 1. The molecule has 130 valence electrons. The minimum Gasteiger partial charge on any atom is -0.388 e. The zero-order valence-electron chi connectivity index (χ0n) is 15.1. The summed E-state index contributed by atoms with van der Waals surface area (Å²) < 4.78 is 0. The Morgan fingerprint density at radius 3 is 2.75 bits per heavy atom. The van der Waals surface area contributed by atoms with Crippen LogP contribution in [0.3, 0.4) is 0 Å². The lowest BCUT2D eigenvalue weighted by Gasteiger charge is -2.30. The van der Waals surface area contributed by atoms with E-state index < -0.39 is 5.60 Å².